The fourth-order valence-electron chi connectivity index (χ4n) is 3.45. The second kappa shape index (κ2) is 12.3. The Hall–Kier alpha value is -3.04. The largest absolute Gasteiger partial charge is 0.443 e. The average molecular weight is 477 g/mol. The predicted octanol–water partition coefficient (Wildman–Crippen LogP) is 3.54. The standard InChI is InChI=1S/C23H29N3O6S/c1-3-26(4-2,14-16-33(29,30)31)13-15-32-23(28)25-22-11-7-20(8-12-22)17-19-5-9-21(10-6-19)24-18-27/h5-12H,3-4,13-17H2,1-2H3,(H-,25,28,29,30,31)/p+1. The molecule has 0 bridgehead atoms. The number of hydrogen-bond acceptors (Lipinski definition) is 6. The van der Waals surface area contributed by atoms with E-state index in [1.807, 2.05) is 38.1 Å². The van der Waals surface area contributed by atoms with E-state index in [1.54, 1.807) is 24.3 Å². The van der Waals surface area contributed by atoms with Gasteiger partial charge in [-0.3, -0.25) is 9.87 Å². The third-order valence-electron chi connectivity index (χ3n) is 5.68. The average Bonchev–Trinajstić information content (AvgIpc) is 2.78. The van der Waals surface area contributed by atoms with Crippen LogP contribution >= 0.6 is 0 Å². The molecular formula is C23H30N3O6S+. The van der Waals surface area contributed by atoms with Crippen molar-refractivity contribution in [2.24, 2.45) is 4.99 Å². The van der Waals surface area contributed by atoms with Crippen molar-refractivity contribution >= 4 is 33.7 Å². The van der Waals surface area contributed by atoms with Gasteiger partial charge >= 0.3 is 6.09 Å². The van der Waals surface area contributed by atoms with E-state index < -0.39 is 16.2 Å². The van der Waals surface area contributed by atoms with Gasteiger partial charge < -0.3 is 9.22 Å². The number of nitrogens with one attached hydrogen (secondary N) is 1. The van der Waals surface area contributed by atoms with E-state index in [-0.39, 0.29) is 18.9 Å². The zero-order valence-electron chi connectivity index (χ0n) is 18.9. The lowest BCUT2D eigenvalue weighted by Gasteiger charge is -2.36. The number of ether oxygens (including phenoxy) is 1. The van der Waals surface area contributed by atoms with Gasteiger partial charge in [0.2, 0.25) is 6.08 Å². The molecular weight excluding hydrogens is 446 g/mol. The quantitative estimate of drug-likeness (QED) is 0.209. The second-order valence-electron chi connectivity index (χ2n) is 7.71. The number of aliphatic imine (C=N–C) groups is 1. The topological polar surface area (TPSA) is 122 Å². The summed E-state index contributed by atoms with van der Waals surface area (Å²) in [6.07, 6.45) is 1.61. The number of hydrogen-bond donors (Lipinski definition) is 2. The van der Waals surface area contributed by atoms with Crippen LogP contribution in [0.3, 0.4) is 0 Å². The van der Waals surface area contributed by atoms with E-state index in [1.165, 1.54) is 6.08 Å². The van der Waals surface area contributed by atoms with Crippen LogP contribution in [0.5, 0.6) is 0 Å². The lowest BCUT2D eigenvalue weighted by atomic mass is 10.0. The molecule has 0 aliphatic carbocycles. The van der Waals surface area contributed by atoms with Crippen molar-refractivity contribution in [3.8, 4) is 0 Å². The molecule has 10 heteroatoms. The number of carbonyl (C=O) groups excluding carboxylic acids is 2. The monoisotopic (exact) mass is 476 g/mol. The van der Waals surface area contributed by atoms with Gasteiger partial charge in [0.15, 0.2) is 0 Å². The summed E-state index contributed by atoms with van der Waals surface area (Å²) in [6.45, 7) is 6.01. The zero-order valence-corrected chi connectivity index (χ0v) is 19.7. The van der Waals surface area contributed by atoms with Crippen LogP contribution in [0, 0.1) is 0 Å². The maximum atomic E-state index is 12.1. The number of benzene rings is 2. The van der Waals surface area contributed by atoms with Crippen LogP contribution in [-0.4, -0.2) is 68.2 Å². The molecule has 1 amide bonds. The van der Waals surface area contributed by atoms with E-state index in [0.29, 0.717) is 41.9 Å². The minimum Gasteiger partial charge on any atom is -0.443 e. The Morgan fingerprint density at radius 3 is 2.12 bits per heavy atom. The van der Waals surface area contributed by atoms with Crippen molar-refractivity contribution in [2.45, 2.75) is 20.3 Å². The molecule has 0 fully saturated rings. The molecule has 2 rings (SSSR count). The van der Waals surface area contributed by atoms with E-state index in [2.05, 4.69) is 10.3 Å². The Kier molecular flexibility index (Phi) is 9.74. The lowest BCUT2D eigenvalue weighted by molar-refractivity contribution is -0.922. The number of anilines is 1. The van der Waals surface area contributed by atoms with Crippen LogP contribution in [0.1, 0.15) is 25.0 Å². The Morgan fingerprint density at radius 1 is 1.03 bits per heavy atom. The molecule has 0 aliphatic rings. The van der Waals surface area contributed by atoms with Gasteiger partial charge in [-0.15, -0.1) is 0 Å². The zero-order chi connectivity index (χ0) is 24.3. The van der Waals surface area contributed by atoms with Gasteiger partial charge in [-0.1, -0.05) is 24.3 Å². The fraction of sp³-hybridized carbons (Fsp3) is 0.391. The first-order chi connectivity index (χ1) is 15.7. The molecule has 33 heavy (non-hydrogen) atoms. The summed E-state index contributed by atoms with van der Waals surface area (Å²) >= 11 is 0. The Morgan fingerprint density at radius 2 is 1.61 bits per heavy atom. The van der Waals surface area contributed by atoms with E-state index in [4.69, 9.17) is 9.29 Å². The van der Waals surface area contributed by atoms with Crippen LogP contribution in [0.4, 0.5) is 16.2 Å². The van der Waals surface area contributed by atoms with Gasteiger partial charge in [-0.05, 0) is 55.7 Å². The summed E-state index contributed by atoms with van der Waals surface area (Å²) in [5.41, 5.74) is 3.26. The van der Waals surface area contributed by atoms with Gasteiger partial charge in [-0.25, -0.2) is 9.59 Å². The first kappa shape index (κ1) is 26.2. The number of nitrogens with zero attached hydrogens (tertiary/aromatic N) is 2. The number of amides is 1. The van der Waals surface area contributed by atoms with Crippen molar-refractivity contribution in [3.63, 3.8) is 0 Å². The fourth-order valence-corrected chi connectivity index (χ4v) is 4.06. The highest BCUT2D eigenvalue weighted by Gasteiger charge is 2.26. The first-order valence-electron chi connectivity index (χ1n) is 10.7. The normalized spacial score (nSPS) is 11.5. The van der Waals surface area contributed by atoms with E-state index in [0.717, 1.165) is 11.1 Å². The summed E-state index contributed by atoms with van der Waals surface area (Å²) in [5.74, 6) is -0.329. The van der Waals surface area contributed by atoms with Crippen molar-refractivity contribution in [1.29, 1.82) is 0 Å². The molecule has 0 unspecified atom stereocenters. The third-order valence-corrected chi connectivity index (χ3v) is 6.38. The van der Waals surface area contributed by atoms with Gasteiger partial charge in [-0.2, -0.15) is 13.4 Å². The van der Waals surface area contributed by atoms with Gasteiger partial charge in [0.05, 0.1) is 25.3 Å². The summed E-state index contributed by atoms with van der Waals surface area (Å²) in [4.78, 5) is 26.0. The third kappa shape index (κ3) is 9.15. The molecule has 2 aromatic rings. The van der Waals surface area contributed by atoms with E-state index in [9.17, 15) is 18.0 Å². The smallest absolute Gasteiger partial charge is 0.411 e. The molecule has 0 atom stereocenters. The molecule has 2 aromatic carbocycles. The van der Waals surface area contributed by atoms with Gasteiger partial charge in [0, 0.05) is 5.69 Å². The molecule has 0 aromatic heterocycles. The minimum absolute atomic E-state index is 0.126. The summed E-state index contributed by atoms with van der Waals surface area (Å²) in [7, 11) is -4.04. The number of quaternary nitrogens is 1. The molecule has 0 saturated heterocycles. The number of likely N-dealkylation sites (N-methyl/N-ethyl adjacent to an activating group) is 1. The minimum atomic E-state index is -4.04. The number of rotatable bonds is 12. The maximum absolute atomic E-state index is 12.1. The molecule has 0 radical (unpaired) electrons. The van der Waals surface area contributed by atoms with Crippen LogP contribution in [0.25, 0.3) is 0 Å². The highest BCUT2D eigenvalue weighted by Crippen LogP contribution is 2.17. The summed E-state index contributed by atoms with van der Waals surface area (Å²) < 4.78 is 36.9. The summed E-state index contributed by atoms with van der Waals surface area (Å²) in [6, 6.07) is 14.6. The Balaban J connectivity index is 1.84. The Labute approximate surface area is 194 Å². The highest BCUT2D eigenvalue weighted by atomic mass is 32.2. The molecule has 0 spiro atoms. The van der Waals surface area contributed by atoms with Crippen molar-refractivity contribution in [2.75, 3.05) is 43.9 Å². The van der Waals surface area contributed by atoms with E-state index >= 15 is 0 Å². The van der Waals surface area contributed by atoms with Crippen LogP contribution < -0.4 is 5.32 Å². The van der Waals surface area contributed by atoms with Gasteiger partial charge in [0.1, 0.15) is 18.9 Å². The number of carbonyl (C=O) groups is 1. The molecule has 0 heterocycles. The van der Waals surface area contributed by atoms with Gasteiger partial charge in [0.25, 0.3) is 10.1 Å². The van der Waals surface area contributed by atoms with Crippen molar-refractivity contribution in [1.82, 2.24) is 0 Å². The SMILES string of the molecule is CC[N+](CC)(CCOC(=O)Nc1ccc(Cc2ccc(N=C=O)cc2)cc1)CCS(=O)(=O)O. The highest BCUT2D eigenvalue weighted by molar-refractivity contribution is 7.85. The Bertz CT molecular complexity index is 1060. The van der Waals surface area contributed by atoms with Crippen LogP contribution in [0.15, 0.2) is 53.5 Å². The van der Waals surface area contributed by atoms with Crippen LogP contribution in [0.2, 0.25) is 0 Å². The van der Waals surface area contributed by atoms with Crippen molar-refractivity contribution in [3.05, 3.63) is 59.7 Å². The molecule has 0 saturated carbocycles. The maximum Gasteiger partial charge on any atom is 0.411 e. The molecule has 0 aliphatic heterocycles. The predicted molar refractivity (Wildman–Crippen MR) is 126 cm³/mol. The first-order valence-corrected chi connectivity index (χ1v) is 12.3. The summed E-state index contributed by atoms with van der Waals surface area (Å²) in [5, 5.41) is 2.68. The lowest BCUT2D eigenvalue weighted by Crippen LogP contribution is -2.52. The molecule has 178 valence electrons. The van der Waals surface area contributed by atoms with Crippen molar-refractivity contribution < 1.29 is 31.8 Å². The molecule has 2 N–H and O–H groups in total. The number of isocyanates is 1. The second-order valence-corrected chi connectivity index (χ2v) is 9.28. The molecule has 9 nitrogen and oxygen atoms in total. The van der Waals surface area contributed by atoms with Crippen LogP contribution in [-0.2, 0) is 26.1 Å².